The average molecular weight is 488 g/mol. The molecule has 0 bridgehead atoms. The lowest BCUT2D eigenvalue weighted by Crippen LogP contribution is -2.23. The quantitative estimate of drug-likeness (QED) is 0.0754. The molecule has 1 N–H and O–H groups in total. The number of ether oxygens (including phenoxy) is 2. The topological polar surface area (TPSA) is 30.5 Å². The molecular weight excluding hydrogens is 434 g/mol. The molecule has 5 heteroatoms. The summed E-state index contributed by atoms with van der Waals surface area (Å²) < 4.78 is 11.9. The van der Waals surface area contributed by atoms with E-state index in [-0.39, 0.29) is 6.10 Å². The van der Waals surface area contributed by atoms with Crippen molar-refractivity contribution < 1.29 is 9.47 Å². The lowest BCUT2D eigenvalue weighted by molar-refractivity contribution is -0.00454. The van der Waals surface area contributed by atoms with Gasteiger partial charge in [-0.1, -0.05) is 98.3 Å². The van der Waals surface area contributed by atoms with Crippen molar-refractivity contribution >= 4 is 21.6 Å². The van der Waals surface area contributed by atoms with Gasteiger partial charge in [-0.3, -0.25) is 0 Å². The van der Waals surface area contributed by atoms with E-state index in [1.807, 2.05) is 28.6 Å². The fourth-order valence-corrected chi connectivity index (χ4v) is 5.36. The Bertz CT molecular complexity index is 405. The highest BCUT2D eigenvalue weighted by molar-refractivity contribution is 8.76. The maximum absolute atomic E-state index is 5.95. The van der Waals surface area contributed by atoms with E-state index < -0.39 is 0 Å². The van der Waals surface area contributed by atoms with Crippen LogP contribution in [0.2, 0.25) is 0 Å². The van der Waals surface area contributed by atoms with Crippen molar-refractivity contribution in [2.75, 3.05) is 44.9 Å². The van der Waals surface area contributed by atoms with Gasteiger partial charge in [-0.05, 0) is 52.0 Å². The van der Waals surface area contributed by atoms with Crippen LogP contribution in [0.4, 0.5) is 0 Å². The fraction of sp³-hybridized carbons (Fsp3) is 0.852. The minimum atomic E-state index is 0.228. The van der Waals surface area contributed by atoms with E-state index >= 15 is 0 Å². The molecular formula is C27H53NO2S2. The molecule has 0 amide bonds. The van der Waals surface area contributed by atoms with Gasteiger partial charge in [0.05, 0.1) is 12.7 Å². The summed E-state index contributed by atoms with van der Waals surface area (Å²) in [6.07, 6.45) is 26.1. The number of allylic oxidation sites excluding steroid dienone is 4. The average Bonchev–Trinajstić information content (AvgIpc) is 2.81. The zero-order valence-electron chi connectivity index (χ0n) is 21.5. The molecule has 0 aromatic rings. The fourth-order valence-electron chi connectivity index (χ4n) is 3.16. The van der Waals surface area contributed by atoms with Crippen molar-refractivity contribution in [3.05, 3.63) is 24.3 Å². The van der Waals surface area contributed by atoms with Crippen LogP contribution in [-0.2, 0) is 9.47 Å². The molecule has 0 saturated carbocycles. The number of hydrogen-bond donors (Lipinski definition) is 1. The zero-order valence-corrected chi connectivity index (χ0v) is 23.1. The summed E-state index contributed by atoms with van der Waals surface area (Å²) in [6, 6.07) is 0. The van der Waals surface area contributed by atoms with Gasteiger partial charge in [0.15, 0.2) is 0 Å². The first-order valence-corrected chi connectivity index (χ1v) is 15.7. The Morgan fingerprint density at radius 2 is 1.44 bits per heavy atom. The summed E-state index contributed by atoms with van der Waals surface area (Å²) in [5.41, 5.74) is 0. The molecule has 0 spiro atoms. The molecule has 32 heavy (non-hydrogen) atoms. The van der Waals surface area contributed by atoms with Crippen LogP contribution in [0.5, 0.6) is 0 Å². The molecule has 3 nitrogen and oxygen atoms in total. The Kier molecular flexibility index (Phi) is 29.1. The van der Waals surface area contributed by atoms with E-state index in [1.165, 1.54) is 70.6 Å². The maximum atomic E-state index is 5.95. The van der Waals surface area contributed by atoms with Crippen LogP contribution in [0.3, 0.4) is 0 Å². The van der Waals surface area contributed by atoms with E-state index in [0.29, 0.717) is 0 Å². The third-order valence-electron chi connectivity index (χ3n) is 5.12. The Balaban J connectivity index is 3.46. The lowest BCUT2D eigenvalue weighted by atomic mass is 10.1. The molecule has 0 rings (SSSR count). The summed E-state index contributed by atoms with van der Waals surface area (Å²) in [7, 11) is 5.82. The Labute approximate surface area is 208 Å². The third kappa shape index (κ3) is 26.3. The number of unbranched alkanes of at least 4 members (excludes halogenated alkanes) is 9. The molecule has 0 saturated heterocycles. The minimum Gasteiger partial charge on any atom is -0.379 e. The Morgan fingerprint density at radius 3 is 2.12 bits per heavy atom. The van der Waals surface area contributed by atoms with E-state index in [0.717, 1.165) is 50.7 Å². The van der Waals surface area contributed by atoms with Gasteiger partial charge < -0.3 is 14.8 Å². The largest absolute Gasteiger partial charge is 0.379 e. The van der Waals surface area contributed by atoms with E-state index in [2.05, 4.69) is 43.5 Å². The van der Waals surface area contributed by atoms with Crippen LogP contribution in [-0.4, -0.2) is 51.0 Å². The zero-order chi connectivity index (χ0) is 23.4. The molecule has 0 heterocycles. The van der Waals surface area contributed by atoms with Gasteiger partial charge in [-0.15, -0.1) is 0 Å². The van der Waals surface area contributed by atoms with Crippen molar-refractivity contribution in [1.29, 1.82) is 0 Å². The summed E-state index contributed by atoms with van der Waals surface area (Å²) in [4.78, 5) is 0. The minimum absolute atomic E-state index is 0.228. The first-order valence-electron chi connectivity index (χ1n) is 13.2. The van der Waals surface area contributed by atoms with Crippen molar-refractivity contribution in [2.24, 2.45) is 0 Å². The summed E-state index contributed by atoms with van der Waals surface area (Å²) in [5.74, 6) is 2.15. The molecule has 0 aliphatic heterocycles. The Morgan fingerprint density at radius 1 is 0.750 bits per heavy atom. The number of hydrogen-bond acceptors (Lipinski definition) is 5. The van der Waals surface area contributed by atoms with Gasteiger partial charge in [0.2, 0.25) is 0 Å². The summed E-state index contributed by atoms with van der Waals surface area (Å²) in [5, 5.41) is 3.18. The summed E-state index contributed by atoms with van der Waals surface area (Å²) >= 11 is 0. The highest BCUT2D eigenvalue weighted by Gasteiger charge is 2.09. The lowest BCUT2D eigenvalue weighted by Gasteiger charge is -2.17. The molecule has 1 atom stereocenters. The van der Waals surface area contributed by atoms with Crippen LogP contribution in [0.15, 0.2) is 24.3 Å². The number of nitrogens with one attached hydrogen (secondary N) is 1. The molecule has 0 aromatic heterocycles. The monoisotopic (exact) mass is 487 g/mol. The second-order valence-electron chi connectivity index (χ2n) is 8.36. The highest BCUT2D eigenvalue weighted by atomic mass is 33.1. The van der Waals surface area contributed by atoms with E-state index in [9.17, 15) is 0 Å². The molecule has 0 aliphatic rings. The van der Waals surface area contributed by atoms with E-state index in [1.54, 1.807) is 0 Å². The van der Waals surface area contributed by atoms with Crippen LogP contribution < -0.4 is 5.32 Å². The van der Waals surface area contributed by atoms with Gasteiger partial charge in [0, 0.05) is 31.3 Å². The first-order chi connectivity index (χ1) is 15.8. The summed E-state index contributed by atoms with van der Waals surface area (Å²) in [6.45, 7) is 7.92. The van der Waals surface area contributed by atoms with E-state index in [4.69, 9.17) is 9.47 Å². The second kappa shape index (κ2) is 29.1. The second-order valence-corrected chi connectivity index (χ2v) is 11.0. The van der Waals surface area contributed by atoms with Gasteiger partial charge >= 0.3 is 0 Å². The molecule has 0 radical (unpaired) electrons. The van der Waals surface area contributed by atoms with Crippen molar-refractivity contribution in [3.63, 3.8) is 0 Å². The van der Waals surface area contributed by atoms with Crippen molar-refractivity contribution in [2.45, 2.75) is 103 Å². The molecule has 0 aromatic carbocycles. The standard InChI is InChI=1S/C27H53NO2S2/c1-4-6-7-8-9-10-11-12-13-14-15-16-17-18-19-20-23-29-25-27(30-22-5-2)26-32-31-24-21-28-3/h9-10,12-13,27-28H,4-8,11,14-26H2,1-3H3/b10-9-,13-12-. The van der Waals surface area contributed by atoms with Gasteiger partial charge in [0.25, 0.3) is 0 Å². The van der Waals surface area contributed by atoms with Crippen LogP contribution in [0.1, 0.15) is 97.3 Å². The van der Waals surface area contributed by atoms with Crippen LogP contribution >= 0.6 is 21.6 Å². The van der Waals surface area contributed by atoms with Gasteiger partial charge in [-0.25, -0.2) is 0 Å². The number of rotatable bonds is 26. The Hall–Kier alpha value is 0.0600. The van der Waals surface area contributed by atoms with Crippen LogP contribution in [0.25, 0.3) is 0 Å². The molecule has 0 fully saturated rings. The van der Waals surface area contributed by atoms with Gasteiger partial charge in [-0.2, -0.15) is 0 Å². The van der Waals surface area contributed by atoms with Crippen LogP contribution in [0, 0.1) is 0 Å². The SMILES string of the molecule is CCCCC/C=C\C/C=C\CCCCCCCCOCC(CSSCCNC)OCCC. The maximum Gasteiger partial charge on any atom is 0.0906 e. The third-order valence-corrected chi connectivity index (χ3v) is 7.58. The van der Waals surface area contributed by atoms with Gasteiger partial charge in [0.1, 0.15) is 0 Å². The van der Waals surface area contributed by atoms with Crippen molar-refractivity contribution in [1.82, 2.24) is 5.32 Å². The normalized spacial score (nSPS) is 13.0. The molecule has 0 aliphatic carbocycles. The first kappa shape index (κ1) is 32.1. The smallest absolute Gasteiger partial charge is 0.0906 e. The highest BCUT2D eigenvalue weighted by Crippen LogP contribution is 2.22. The predicted molar refractivity (Wildman–Crippen MR) is 149 cm³/mol. The molecule has 190 valence electrons. The van der Waals surface area contributed by atoms with Crippen molar-refractivity contribution in [3.8, 4) is 0 Å². The predicted octanol–water partition coefficient (Wildman–Crippen LogP) is 8.21. The molecule has 1 unspecified atom stereocenters.